The molecule has 5 heteroatoms. The zero-order chi connectivity index (χ0) is 17.4. The molecule has 0 fully saturated rings. The van der Waals surface area contributed by atoms with E-state index in [1.54, 1.807) is 31.3 Å². The Balaban J connectivity index is 2.16. The highest BCUT2D eigenvalue weighted by Gasteiger charge is 2.17. The SMILES string of the molecule is Cc1ccc(-c2c(Cl)cc(-c3c(F)cc(C)cc3Cl)cc2Cl)nc1. The molecule has 3 rings (SSSR count). The maximum Gasteiger partial charge on any atom is 0.132 e. The molecule has 0 saturated carbocycles. The van der Waals surface area contributed by atoms with Gasteiger partial charge in [-0.3, -0.25) is 4.98 Å². The number of hydrogen-bond acceptors (Lipinski definition) is 1. The Morgan fingerprint density at radius 1 is 0.792 bits per heavy atom. The van der Waals surface area contributed by atoms with Gasteiger partial charge in [-0.25, -0.2) is 4.39 Å². The van der Waals surface area contributed by atoms with E-state index in [2.05, 4.69) is 4.98 Å². The molecule has 122 valence electrons. The molecule has 1 aromatic heterocycles. The average Bonchev–Trinajstić information content (AvgIpc) is 2.47. The fourth-order valence-electron chi connectivity index (χ4n) is 2.55. The first-order valence-electron chi connectivity index (χ1n) is 7.25. The van der Waals surface area contributed by atoms with Crippen LogP contribution in [-0.4, -0.2) is 4.98 Å². The lowest BCUT2D eigenvalue weighted by molar-refractivity contribution is 0.630. The molecule has 0 N–H and O–H groups in total. The van der Waals surface area contributed by atoms with Gasteiger partial charge in [-0.15, -0.1) is 0 Å². The van der Waals surface area contributed by atoms with E-state index in [-0.39, 0.29) is 5.56 Å². The fraction of sp³-hybridized carbons (Fsp3) is 0.105. The first-order valence-corrected chi connectivity index (χ1v) is 8.38. The van der Waals surface area contributed by atoms with Crippen molar-refractivity contribution in [2.45, 2.75) is 13.8 Å². The maximum atomic E-state index is 14.3. The first kappa shape index (κ1) is 17.2. The highest BCUT2D eigenvalue weighted by Crippen LogP contribution is 2.40. The summed E-state index contributed by atoms with van der Waals surface area (Å²) < 4.78 is 14.3. The number of rotatable bonds is 2. The predicted octanol–water partition coefficient (Wildman–Crippen LogP) is 7.13. The summed E-state index contributed by atoms with van der Waals surface area (Å²) in [5.41, 5.74) is 3.89. The van der Waals surface area contributed by atoms with Crippen molar-refractivity contribution >= 4 is 34.8 Å². The van der Waals surface area contributed by atoms with Gasteiger partial charge in [-0.1, -0.05) is 40.9 Å². The molecule has 3 aromatic rings. The Labute approximate surface area is 155 Å². The van der Waals surface area contributed by atoms with Crippen molar-refractivity contribution in [3.8, 4) is 22.4 Å². The molecule has 2 aromatic carbocycles. The number of benzene rings is 2. The minimum absolute atomic E-state index is 0.287. The molecule has 0 atom stereocenters. The largest absolute Gasteiger partial charge is 0.256 e. The van der Waals surface area contributed by atoms with Crippen LogP contribution in [0.25, 0.3) is 22.4 Å². The van der Waals surface area contributed by atoms with Gasteiger partial charge < -0.3 is 0 Å². The van der Waals surface area contributed by atoms with Crippen LogP contribution in [0, 0.1) is 19.7 Å². The minimum atomic E-state index is -0.409. The summed E-state index contributed by atoms with van der Waals surface area (Å²) >= 11 is 19.0. The number of nitrogens with zero attached hydrogens (tertiary/aromatic N) is 1. The van der Waals surface area contributed by atoms with E-state index in [1.165, 1.54) is 6.07 Å². The third kappa shape index (κ3) is 3.27. The molecule has 0 amide bonds. The molecule has 0 radical (unpaired) electrons. The molecule has 0 saturated heterocycles. The smallest absolute Gasteiger partial charge is 0.132 e. The molecule has 0 spiro atoms. The van der Waals surface area contributed by atoms with Gasteiger partial charge in [0.25, 0.3) is 0 Å². The third-order valence-electron chi connectivity index (χ3n) is 3.68. The summed E-state index contributed by atoms with van der Waals surface area (Å²) in [6, 6.07) is 10.2. The summed E-state index contributed by atoms with van der Waals surface area (Å²) in [6.07, 6.45) is 1.74. The van der Waals surface area contributed by atoms with Gasteiger partial charge in [-0.05, 0) is 60.9 Å². The Morgan fingerprint density at radius 2 is 1.42 bits per heavy atom. The lowest BCUT2D eigenvalue weighted by Crippen LogP contribution is -1.92. The van der Waals surface area contributed by atoms with E-state index in [0.29, 0.717) is 31.9 Å². The third-order valence-corrected chi connectivity index (χ3v) is 4.58. The molecular weight excluding hydrogens is 368 g/mol. The normalized spacial score (nSPS) is 10.9. The van der Waals surface area contributed by atoms with Crippen LogP contribution in [0.5, 0.6) is 0 Å². The topological polar surface area (TPSA) is 12.9 Å². The van der Waals surface area contributed by atoms with Crippen molar-refractivity contribution in [1.82, 2.24) is 4.98 Å². The first-order chi connectivity index (χ1) is 11.4. The van der Waals surface area contributed by atoms with Crippen molar-refractivity contribution in [2.75, 3.05) is 0 Å². The molecule has 0 aliphatic rings. The molecule has 1 heterocycles. The number of halogens is 4. The summed E-state index contributed by atoms with van der Waals surface area (Å²) in [5.74, 6) is -0.409. The Kier molecular flexibility index (Phi) is 4.82. The lowest BCUT2D eigenvalue weighted by atomic mass is 10.0. The van der Waals surface area contributed by atoms with Crippen LogP contribution in [0.1, 0.15) is 11.1 Å². The van der Waals surface area contributed by atoms with Crippen molar-refractivity contribution in [3.63, 3.8) is 0 Å². The Morgan fingerprint density at radius 3 is 1.96 bits per heavy atom. The van der Waals surface area contributed by atoms with Crippen molar-refractivity contribution in [3.05, 3.63) is 74.6 Å². The molecular formula is C19H13Cl3FN. The van der Waals surface area contributed by atoms with E-state index < -0.39 is 5.82 Å². The van der Waals surface area contributed by atoms with Crippen molar-refractivity contribution in [1.29, 1.82) is 0 Å². The highest BCUT2D eigenvalue weighted by molar-refractivity contribution is 6.40. The Bertz CT molecular complexity index is 874. The van der Waals surface area contributed by atoms with Crippen LogP contribution >= 0.6 is 34.8 Å². The highest BCUT2D eigenvalue weighted by atomic mass is 35.5. The van der Waals surface area contributed by atoms with Gasteiger partial charge in [0.1, 0.15) is 5.82 Å². The molecule has 0 aliphatic heterocycles. The second-order valence-electron chi connectivity index (χ2n) is 5.64. The van der Waals surface area contributed by atoms with E-state index in [0.717, 1.165) is 11.1 Å². The van der Waals surface area contributed by atoms with Crippen LogP contribution in [0.4, 0.5) is 4.39 Å². The van der Waals surface area contributed by atoms with Gasteiger partial charge >= 0.3 is 0 Å². The summed E-state index contributed by atoms with van der Waals surface area (Å²) in [7, 11) is 0. The molecule has 1 nitrogen and oxygen atoms in total. The van der Waals surface area contributed by atoms with Crippen LogP contribution in [0.3, 0.4) is 0 Å². The van der Waals surface area contributed by atoms with Gasteiger partial charge in [0, 0.05) is 17.3 Å². The molecule has 0 bridgehead atoms. The van der Waals surface area contributed by atoms with Gasteiger partial charge in [0.05, 0.1) is 20.8 Å². The van der Waals surface area contributed by atoms with Crippen LogP contribution < -0.4 is 0 Å². The lowest BCUT2D eigenvalue weighted by Gasteiger charge is -2.12. The summed E-state index contributed by atoms with van der Waals surface area (Å²) in [6.45, 7) is 3.73. The van der Waals surface area contributed by atoms with E-state index in [9.17, 15) is 4.39 Å². The number of hydrogen-bond donors (Lipinski definition) is 0. The maximum absolute atomic E-state index is 14.3. The zero-order valence-electron chi connectivity index (χ0n) is 13.0. The second kappa shape index (κ2) is 6.72. The average molecular weight is 381 g/mol. The second-order valence-corrected chi connectivity index (χ2v) is 6.86. The van der Waals surface area contributed by atoms with E-state index in [4.69, 9.17) is 34.8 Å². The van der Waals surface area contributed by atoms with E-state index in [1.807, 2.05) is 19.1 Å². The minimum Gasteiger partial charge on any atom is -0.256 e. The van der Waals surface area contributed by atoms with Crippen LogP contribution in [-0.2, 0) is 0 Å². The van der Waals surface area contributed by atoms with Crippen LogP contribution in [0.2, 0.25) is 15.1 Å². The van der Waals surface area contributed by atoms with Crippen LogP contribution in [0.15, 0.2) is 42.6 Å². The van der Waals surface area contributed by atoms with Gasteiger partial charge in [0.2, 0.25) is 0 Å². The van der Waals surface area contributed by atoms with Gasteiger partial charge in [0.15, 0.2) is 0 Å². The van der Waals surface area contributed by atoms with E-state index >= 15 is 0 Å². The van der Waals surface area contributed by atoms with Gasteiger partial charge in [-0.2, -0.15) is 0 Å². The quantitative estimate of drug-likeness (QED) is 0.460. The van der Waals surface area contributed by atoms with Crippen molar-refractivity contribution in [2.24, 2.45) is 0 Å². The molecule has 0 unspecified atom stereocenters. The monoisotopic (exact) mass is 379 g/mol. The fourth-order valence-corrected chi connectivity index (χ4v) is 3.61. The summed E-state index contributed by atoms with van der Waals surface area (Å²) in [4.78, 5) is 4.35. The molecule has 24 heavy (non-hydrogen) atoms. The number of aromatic nitrogens is 1. The zero-order valence-corrected chi connectivity index (χ0v) is 15.3. The summed E-state index contributed by atoms with van der Waals surface area (Å²) in [5, 5.41) is 1.11. The number of aryl methyl sites for hydroxylation is 2. The standard InChI is InChI=1S/C19H13Cl3FN/c1-10-3-4-17(24-9-10)19-14(21)7-12(8-15(19)22)18-13(20)5-11(2)6-16(18)23/h3-9H,1-2H3. The predicted molar refractivity (Wildman–Crippen MR) is 99.6 cm³/mol. The Hall–Kier alpha value is -1.61. The number of pyridine rings is 1. The molecule has 0 aliphatic carbocycles. The van der Waals surface area contributed by atoms with Crippen molar-refractivity contribution < 1.29 is 4.39 Å².